The lowest BCUT2D eigenvalue weighted by Crippen LogP contribution is -2.30. The second-order valence-corrected chi connectivity index (χ2v) is 6.55. The SMILES string of the molecule is Cc1ccc(-c2cc(-c3cc(C)cc[n+]3C)c(C)cc2C)cc1. The Morgan fingerprint density at radius 2 is 1.30 bits per heavy atom. The van der Waals surface area contributed by atoms with Crippen molar-refractivity contribution in [1.29, 1.82) is 0 Å². The van der Waals surface area contributed by atoms with Crippen LogP contribution in [-0.2, 0) is 7.05 Å². The van der Waals surface area contributed by atoms with Crippen LogP contribution in [0.25, 0.3) is 22.4 Å². The molecule has 0 amide bonds. The van der Waals surface area contributed by atoms with Gasteiger partial charge in [-0.05, 0) is 61.6 Å². The molecule has 3 aromatic rings. The molecule has 0 unspecified atom stereocenters. The molecule has 2 aromatic carbocycles. The zero-order valence-corrected chi connectivity index (χ0v) is 14.6. The van der Waals surface area contributed by atoms with Crippen molar-refractivity contribution in [2.75, 3.05) is 0 Å². The summed E-state index contributed by atoms with van der Waals surface area (Å²) < 4.78 is 2.20. The lowest BCUT2D eigenvalue weighted by atomic mass is 9.93. The zero-order chi connectivity index (χ0) is 16.6. The first-order valence-electron chi connectivity index (χ1n) is 8.10. The molecule has 0 aliphatic heterocycles. The number of aryl methyl sites for hydroxylation is 5. The molecule has 0 aliphatic rings. The Morgan fingerprint density at radius 3 is 2.00 bits per heavy atom. The average Bonchev–Trinajstić information content (AvgIpc) is 2.51. The van der Waals surface area contributed by atoms with Crippen LogP contribution in [0.3, 0.4) is 0 Å². The predicted octanol–water partition coefficient (Wildman–Crippen LogP) is 5.08. The van der Waals surface area contributed by atoms with Crippen molar-refractivity contribution >= 4 is 0 Å². The minimum absolute atomic E-state index is 1.26. The summed E-state index contributed by atoms with van der Waals surface area (Å²) in [4.78, 5) is 0. The van der Waals surface area contributed by atoms with Gasteiger partial charge in [-0.2, -0.15) is 0 Å². The van der Waals surface area contributed by atoms with E-state index in [1.165, 1.54) is 44.6 Å². The number of aromatic nitrogens is 1. The molecule has 0 bridgehead atoms. The number of hydrogen-bond acceptors (Lipinski definition) is 0. The summed E-state index contributed by atoms with van der Waals surface area (Å²) in [6, 6.07) is 17.8. The number of hydrogen-bond donors (Lipinski definition) is 0. The maximum atomic E-state index is 2.34. The Labute approximate surface area is 139 Å². The molecule has 0 saturated heterocycles. The van der Waals surface area contributed by atoms with Crippen LogP contribution in [0.2, 0.25) is 0 Å². The van der Waals surface area contributed by atoms with E-state index in [0.717, 1.165) is 0 Å². The smallest absolute Gasteiger partial charge is 0.201 e. The topological polar surface area (TPSA) is 3.88 Å². The number of pyridine rings is 1. The van der Waals surface area contributed by atoms with Gasteiger partial charge in [0.1, 0.15) is 7.05 Å². The molecule has 0 saturated carbocycles. The van der Waals surface area contributed by atoms with Crippen molar-refractivity contribution in [2.24, 2.45) is 7.05 Å². The number of nitrogens with zero attached hydrogens (tertiary/aromatic N) is 1. The second kappa shape index (κ2) is 6.00. The van der Waals surface area contributed by atoms with Gasteiger partial charge in [-0.25, -0.2) is 4.57 Å². The highest BCUT2D eigenvalue weighted by molar-refractivity contribution is 5.75. The summed E-state index contributed by atoms with van der Waals surface area (Å²) in [7, 11) is 2.11. The quantitative estimate of drug-likeness (QED) is 0.581. The van der Waals surface area contributed by atoms with Crippen LogP contribution in [0, 0.1) is 27.7 Å². The normalized spacial score (nSPS) is 10.8. The van der Waals surface area contributed by atoms with Crippen LogP contribution in [-0.4, -0.2) is 0 Å². The molecule has 0 radical (unpaired) electrons. The largest absolute Gasteiger partial charge is 0.212 e. The minimum atomic E-state index is 1.26. The molecule has 3 rings (SSSR count). The van der Waals surface area contributed by atoms with Crippen LogP contribution in [0.4, 0.5) is 0 Å². The average molecular weight is 302 g/mol. The molecule has 1 aromatic heterocycles. The summed E-state index contributed by atoms with van der Waals surface area (Å²) in [5, 5.41) is 0. The van der Waals surface area contributed by atoms with Crippen LogP contribution >= 0.6 is 0 Å². The van der Waals surface area contributed by atoms with Gasteiger partial charge in [0.25, 0.3) is 0 Å². The predicted molar refractivity (Wildman–Crippen MR) is 97.4 cm³/mol. The third-order valence-electron chi connectivity index (χ3n) is 4.52. The Hall–Kier alpha value is -2.41. The third kappa shape index (κ3) is 3.05. The van der Waals surface area contributed by atoms with Crippen molar-refractivity contribution in [2.45, 2.75) is 27.7 Å². The molecule has 23 heavy (non-hydrogen) atoms. The van der Waals surface area contributed by atoms with Gasteiger partial charge >= 0.3 is 0 Å². The van der Waals surface area contributed by atoms with Crippen LogP contribution < -0.4 is 4.57 Å². The molecule has 0 spiro atoms. The highest BCUT2D eigenvalue weighted by Gasteiger charge is 2.15. The van der Waals surface area contributed by atoms with Crippen molar-refractivity contribution in [1.82, 2.24) is 0 Å². The number of benzene rings is 2. The summed E-state index contributed by atoms with van der Waals surface area (Å²) in [6.07, 6.45) is 2.13. The van der Waals surface area contributed by atoms with E-state index < -0.39 is 0 Å². The first-order chi connectivity index (χ1) is 11.0. The summed E-state index contributed by atoms with van der Waals surface area (Å²) >= 11 is 0. The Bertz CT molecular complexity index is 858. The zero-order valence-electron chi connectivity index (χ0n) is 14.6. The van der Waals surface area contributed by atoms with Crippen molar-refractivity contribution in [3.63, 3.8) is 0 Å². The fraction of sp³-hybridized carbons (Fsp3) is 0.227. The second-order valence-electron chi connectivity index (χ2n) is 6.55. The molecule has 1 nitrogen and oxygen atoms in total. The molecular formula is C22H24N+. The van der Waals surface area contributed by atoms with E-state index in [2.05, 4.69) is 94.0 Å². The van der Waals surface area contributed by atoms with E-state index in [1.807, 2.05) is 0 Å². The third-order valence-corrected chi connectivity index (χ3v) is 4.52. The monoisotopic (exact) mass is 302 g/mol. The van der Waals surface area contributed by atoms with E-state index in [0.29, 0.717) is 0 Å². The van der Waals surface area contributed by atoms with Gasteiger partial charge in [0, 0.05) is 17.7 Å². The lowest BCUT2D eigenvalue weighted by Gasteiger charge is -2.12. The molecule has 1 heterocycles. The van der Waals surface area contributed by atoms with Crippen LogP contribution in [0.15, 0.2) is 54.7 Å². The fourth-order valence-electron chi connectivity index (χ4n) is 3.12. The molecule has 1 heteroatoms. The molecule has 0 aliphatic carbocycles. The molecule has 116 valence electrons. The van der Waals surface area contributed by atoms with Gasteiger partial charge in [-0.1, -0.05) is 35.9 Å². The molecule has 0 fully saturated rings. The molecular weight excluding hydrogens is 278 g/mol. The first kappa shape index (κ1) is 15.5. The van der Waals surface area contributed by atoms with Crippen molar-refractivity contribution in [3.05, 3.63) is 77.0 Å². The summed E-state index contributed by atoms with van der Waals surface area (Å²) in [5.74, 6) is 0. The van der Waals surface area contributed by atoms with Gasteiger partial charge in [0.15, 0.2) is 6.20 Å². The highest BCUT2D eigenvalue weighted by Crippen LogP contribution is 2.31. The van der Waals surface area contributed by atoms with E-state index >= 15 is 0 Å². The molecule has 0 N–H and O–H groups in total. The van der Waals surface area contributed by atoms with Crippen LogP contribution in [0.5, 0.6) is 0 Å². The van der Waals surface area contributed by atoms with Crippen molar-refractivity contribution < 1.29 is 4.57 Å². The Balaban J connectivity index is 2.21. The highest BCUT2D eigenvalue weighted by atomic mass is 14.9. The van der Waals surface area contributed by atoms with Crippen LogP contribution in [0.1, 0.15) is 22.3 Å². The van der Waals surface area contributed by atoms with E-state index in [1.54, 1.807) is 0 Å². The van der Waals surface area contributed by atoms with Gasteiger partial charge in [0.05, 0.1) is 0 Å². The van der Waals surface area contributed by atoms with Gasteiger partial charge in [0.2, 0.25) is 5.69 Å². The molecule has 0 atom stereocenters. The maximum Gasteiger partial charge on any atom is 0.212 e. The fourth-order valence-corrected chi connectivity index (χ4v) is 3.12. The van der Waals surface area contributed by atoms with Gasteiger partial charge in [-0.15, -0.1) is 0 Å². The maximum absolute atomic E-state index is 2.34. The lowest BCUT2D eigenvalue weighted by molar-refractivity contribution is -0.660. The van der Waals surface area contributed by atoms with Gasteiger partial charge < -0.3 is 0 Å². The minimum Gasteiger partial charge on any atom is -0.201 e. The van der Waals surface area contributed by atoms with E-state index in [4.69, 9.17) is 0 Å². The van der Waals surface area contributed by atoms with E-state index in [9.17, 15) is 0 Å². The standard InChI is InChI=1S/C22H24N/c1-15-6-8-19(9-7-15)20-14-21(18(4)13-17(20)3)22-12-16(2)10-11-23(22)5/h6-14H,1-5H3/q+1. The van der Waals surface area contributed by atoms with E-state index in [-0.39, 0.29) is 0 Å². The summed E-state index contributed by atoms with van der Waals surface area (Å²) in [6.45, 7) is 8.67. The number of rotatable bonds is 2. The van der Waals surface area contributed by atoms with Gasteiger partial charge in [-0.3, -0.25) is 0 Å². The first-order valence-corrected chi connectivity index (χ1v) is 8.10. The van der Waals surface area contributed by atoms with Crippen molar-refractivity contribution in [3.8, 4) is 22.4 Å². The summed E-state index contributed by atoms with van der Waals surface area (Å²) in [5.41, 5.74) is 10.4. The Kier molecular flexibility index (Phi) is 4.04. The Morgan fingerprint density at radius 1 is 0.652 bits per heavy atom.